The summed E-state index contributed by atoms with van der Waals surface area (Å²) in [5, 5.41) is 11.0. The van der Waals surface area contributed by atoms with Crippen molar-refractivity contribution in [2.75, 3.05) is 6.61 Å². The van der Waals surface area contributed by atoms with Gasteiger partial charge in [-0.2, -0.15) is 0 Å². The number of Topliss-reactive ketones (excluding diaryl/α,β-unsaturated/α-hetero) is 1. The van der Waals surface area contributed by atoms with E-state index in [0.29, 0.717) is 24.3 Å². The number of aliphatic carboxylic acids is 1. The van der Waals surface area contributed by atoms with Gasteiger partial charge in [-0.15, -0.1) is 0 Å². The number of ketones is 1. The van der Waals surface area contributed by atoms with Crippen LogP contribution in [0.4, 0.5) is 0 Å². The van der Waals surface area contributed by atoms with E-state index in [1.54, 1.807) is 24.3 Å². The second-order valence-electron chi connectivity index (χ2n) is 4.66. The molecule has 0 heterocycles. The van der Waals surface area contributed by atoms with Crippen molar-refractivity contribution in [3.05, 3.63) is 29.8 Å². The largest absolute Gasteiger partial charge is 0.494 e. The summed E-state index contributed by atoms with van der Waals surface area (Å²) in [5.74, 6) is -0.768. The molecule has 6 nitrogen and oxygen atoms in total. The van der Waals surface area contributed by atoms with Crippen molar-refractivity contribution >= 4 is 17.7 Å². The molecule has 1 amide bonds. The van der Waals surface area contributed by atoms with Crippen molar-refractivity contribution in [3.8, 4) is 5.75 Å². The van der Waals surface area contributed by atoms with Gasteiger partial charge in [0, 0.05) is 12.0 Å². The van der Waals surface area contributed by atoms with Gasteiger partial charge in [-0.3, -0.25) is 14.4 Å². The van der Waals surface area contributed by atoms with Crippen molar-refractivity contribution in [3.63, 3.8) is 0 Å². The van der Waals surface area contributed by atoms with Gasteiger partial charge in [0.1, 0.15) is 11.8 Å². The van der Waals surface area contributed by atoms with Gasteiger partial charge >= 0.3 is 5.97 Å². The van der Waals surface area contributed by atoms with Crippen molar-refractivity contribution in [2.45, 2.75) is 32.7 Å². The second-order valence-corrected chi connectivity index (χ2v) is 4.66. The number of hydrogen-bond donors (Lipinski definition) is 2. The van der Waals surface area contributed by atoms with Gasteiger partial charge in [-0.1, -0.05) is 0 Å². The highest BCUT2D eigenvalue weighted by Gasteiger charge is 2.13. The van der Waals surface area contributed by atoms with Crippen LogP contribution >= 0.6 is 0 Å². The Morgan fingerprint density at radius 2 is 1.86 bits per heavy atom. The lowest BCUT2D eigenvalue weighted by molar-refractivity contribution is -0.141. The van der Waals surface area contributed by atoms with Gasteiger partial charge in [0.15, 0.2) is 5.78 Å². The van der Waals surface area contributed by atoms with E-state index in [1.807, 2.05) is 0 Å². The molecule has 0 unspecified atom stereocenters. The van der Waals surface area contributed by atoms with Crippen LogP contribution in [0.1, 0.15) is 37.0 Å². The van der Waals surface area contributed by atoms with Crippen molar-refractivity contribution in [1.29, 1.82) is 0 Å². The number of carboxylic acids is 1. The molecular weight excluding hydrogens is 274 g/mol. The molecule has 0 aromatic heterocycles. The van der Waals surface area contributed by atoms with E-state index in [9.17, 15) is 14.4 Å². The third-order valence-electron chi connectivity index (χ3n) is 2.83. The summed E-state index contributed by atoms with van der Waals surface area (Å²) >= 11 is 0. The Kier molecular flexibility index (Phi) is 6.39. The monoisotopic (exact) mass is 293 g/mol. The van der Waals surface area contributed by atoms with Crippen LogP contribution in [0.5, 0.6) is 5.75 Å². The predicted molar refractivity (Wildman–Crippen MR) is 76.4 cm³/mol. The predicted octanol–water partition coefficient (Wildman–Crippen LogP) is 1.64. The molecule has 0 aliphatic rings. The molecule has 6 heteroatoms. The smallest absolute Gasteiger partial charge is 0.325 e. The number of hydrogen-bond acceptors (Lipinski definition) is 4. The van der Waals surface area contributed by atoms with Gasteiger partial charge in [0.2, 0.25) is 5.91 Å². The van der Waals surface area contributed by atoms with Crippen LogP contribution in [0.3, 0.4) is 0 Å². The molecule has 0 saturated heterocycles. The first-order valence-electron chi connectivity index (χ1n) is 6.66. The highest BCUT2D eigenvalue weighted by molar-refractivity contribution is 5.94. The van der Waals surface area contributed by atoms with Crippen LogP contribution in [-0.4, -0.2) is 35.4 Å². The van der Waals surface area contributed by atoms with Crippen LogP contribution in [0.25, 0.3) is 0 Å². The van der Waals surface area contributed by atoms with E-state index in [-0.39, 0.29) is 18.1 Å². The van der Waals surface area contributed by atoms with Crippen LogP contribution in [0, 0.1) is 0 Å². The number of carboxylic acid groups (broad SMARTS) is 1. The first-order valence-corrected chi connectivity index (χ1v) is 6.66. The molecule has 0 aliphatic carbocycles. The molecule has 0 saturated carbocycles. The summed E-state index contributed by atoms with van der Waals surface area (Å²) in [6.07, 6.45) is 0.676. The molecule has 1 atom stereocenters. The quantitative estimate of drug-likeness (QED) is 0.561. The maximum atomic E-state index is 11.4. The highest BCUT2D eigenvalue weighted by Crippen LogP contribution is 2.13. The average molecular weight is 293 g/mol. The zero-order valence-electron chi connectivity index (χ0n) is 12.1. The Bertz CT molecular complexity index is 509. The molecule has 2 N–H and O–H groups in total. The maximum absolute atomic E-state index is 11.4. The number of carbonyl (C=O) groups excluding carboxylic acids is 2. The second kappa shape index (κ2) is 8.04. The Balaban J connectivity index is 2.26. The zero-order valence-corrected chi connectivity index (χ0v) is 12.1. The lowest BCUT2D eigenvalue weighted by atomic mass is 10.1. The van der Waals surface area contributed by atoms with Crippen LogP contribution in [-0.2, 0) is 9.59 Å². The fourth-order valence-corrected chi connectivity index (χ4v) is 1.58. The number of ether oxygens (including phenoxy) is 1. The van der Waals surface area contributed by atoms with Crippen molar-refractivity contribution in [2.24, 2.45) is 0 Å². The Hall–Kier alpha value is -2.37. The third-order valence-corrected chi connectivity index (χ3v) is 2.83. The molecule has 0 spiro atoms. The van der Waals surface area contributed by atoms with Crippen molar-refractivity contribution in [1.82, 2.24) is 5.32 Å². The molecule has 1 aromatic carbocycles. The van der Waals surface area contributed by atoms with Gasteiger partial charge < -0.3 is 15.2 Å². The third kappa shape index (κ3) is 6.07. The standard InChI is InChI=1S/C15H19NO5/c1-10(15(19)20)16-14(18)4-3-9-21-13-7-5-12(6-8-13)11(2)17/h5-8,10H,3-4,9H2,1-2H3,(H,16,18)(H,19,20)/t10-/m0/s1. The fraction of sp³-hybridized carbons (Fsp3) is 0.400. The number of rotatable bonds is 8. The van der Waals surface area contributed by atoms with E-state index >= 15 is 0 Å². The van der Waals surface area contributed by atoms with Crippen LogP contribution in [0.15, 0.2) is 24.3 Å². The molecule has 114 valence electrons. The van der Waals surface area contributed by atoms with E-state index in [1.165, 1.54) is 13.8 Å². The van der Waals surface area contributed by atoms with E-state index in [4.69, 9.17) is 9.84 Å². The lowest BCUT2D eigenvalue weighted by Gasteiger charge is -2.09. The van der Waals surface area contributed by atoms with Gasteiger partial charge in [-0.25, -0.2) is 0 Å². The normalized spacial score (nSPS) is 11.5. The molecule has 0 radical (unpaired) electrons. The molecule has 21 heavy (non-hydrogen) atoms. The Labute approximate surface area is 123 Å². The topological polar surface area (TPSA) is 92.7 Å². The van der Waals surface area contributed by atoms with Crippen LogP contribution < -0.4 is 10.1 Å². The van der Waals surface area contributed by atoms with E-state index in [2.05, 4.69) is 5.32 Å². The van der Waals surface area contributed by atoms with Gasteiger partial charge in [-0.05, 0) is 44.5 Å². The Morgan fingerprint density at radius 3 is 2.38 bits per heavy atom. The number of nitrogens with one attached hydrogen (secondary N) is 1. The summed E-state index contributed by atoms with van der Waals surface area (Å²) in [6.45, 7) is 3.24. The van der Waals surface area contributed by atoms with E-state index in [0.717, 1.165) is 0 Å². The Morgan fingerprint density at radius 1 is 1.24 bits per heavy atom. The minimum absolute atomic E-state index is 0.00855. The minimum Gasteiger partial charge on any atom is -0.494 e. The first-order chi connectivity index (χ1) is 9.90. The van der Waals surface area contributed by atoms with Crippen LogP contribution in [0.2, 0.25) is 0 Å². The number of carbonyl (C=O) groups is 3. The number of amides is 1. The zero-order chi connectivity index (χ0) is 15.8. The lowest BCUT2D eigenvalue weighted by Crippen LogP contribution is -2.38. The summed E-state index contributed by atoms with van der Waals surface area (Å²) in [4.78, 5) is 33.1. The SMILES string of the molecule is CC(=O)c1ccc(OCCCC(=O)N[C@@H](C)C(=O)O)cc1. The molecule has 0 aliphatic heterocycles. The summed E-state index contributed by atoms with van der Waals surface area (Å²) in [5.41, 5.74) is 0.615. The summed E-state index contributed by atoms with van der Waals surface area (Å²) in [6, 6.07) is 5.86. The summed E-state index contributed by atoms with van der Waals surface area (Å²) < 4.78 is 5.44. The molecule has 1 rings (SSSR count). The summed E-state index contributed by atoms with van der Waals surface area (Å²) in [7, 11) is 0. The minimum atomic E-state index is -1.06. The molecule has 0 fully saturated rings. The number of benzene rings is 1. The average Bonchev–Trinajstić information content (AvgIpc) is 2.44. The molecule has 1 aromatic rings. The first kappa shape index (κ1) is 16.7. The van der Waals surface area contributed by atoms with Crippen molar-refractivity contribution < 1.29 is 24.2 Å². The van der Waals surface area contributed by atoms with Gasteiger partial charge in [0.25, 0.3) is 0 Å². The molecular formula is C15H19NO5. The maximum Gasteiger partial charge on any atom is 0.325 e. The van der Waals surface area contributed by atoms with E-state index < -0.39 is 12.0 Å². The fourth-order valence-electron chi connectivity index (χ4n) is 1.58. The molecule has 0 bridgehead atoms. The van der Waals surface area contributed by atoms with Gasteiger partial charge in [0.05, 0.1) is 6.61 Å². The highest BCUT2D eigenvalue weighted by atomic mass is 16.5.